The maximum Gasteiger partial charge on any atom is 0.151 e. The fourth-order valence-corrected chi connectivity index (χ4v) is 1.48. The molecule has 84 valence electrons. The fraction of sp³-hybridized carbons (Fsp3) is 0.833. The summed E-state index contributed by atoms with van der Waals surface area (Å²) in [7, 11) is 4.08. The van der Waals surface area contributed by atoms with E-state index in [2.05, 4.69) is 18.4 Å². The van der Waals surface area contributed by atoms with E-state index in [9.17, 15) is 0 Å². The Hall–Kier alpha value is -0.500. The van der Waals surface area contributed by atoms with E-state index in [1.165, 1.54) is 38.4 Å². The summed E-state index contributed by atoms with van der Waals surface area (Å²) in [5.41, 5.74) is 0. The van der Waals surface area contributed by atoms with Crippen molar-refractivity contribution < 1.29 is 4.74 Å². The van der Waals surface area contributed by atoms with Gasteiger partial charge in [-0.15, -0.1) is 0 Å². The average Bonchev–Trinajstić information content (AvgIpc) is 2.15. The highest BCUT2D eigenvalue weighted by molar-refractivity contribution is 4.60. The lowest BCUT2D eigenvalue weighted by molar-refractivity contribution is 0.0165. The molecule has 0 aliphatic heterocycles. The number of rotatable bonds is 9. The Morgan fingerprint density at radius 2 is 1.86 bits per heavy atom. The van der Waals surface area contributed by atoms with Gasteiger partial charge in [0.05, 0.1) is 6.26 Å². The molecule has 0 heterocycles. The van der Waals surface area contributed by atoms with E-state index in [1.807, 2.05) is 14.1 Å². The lowest BCUT2D eigenvalue weighted by Crippen LogP contribution is -2.29. The molecule has 2 nitrogen and oxygen atoms in total. The summed E-state index contributed by atoms with van der Waals surface area (Å²) in [6, 6.07) is 0. The molecule has 1 atom stereocenters. The number of unbranched alkanes of at least 4 members (excludes halogenated alkanes) is 4. The zero-order chi connectivity index (χ0) is 10.8. The summed E-state index contributed by atoms with van der Waals surface area (Å²) in [6.07, 6.45) is 9.42. The van der Waals surface area contributed by atoms with Crippen molar-refractivity contribution in [2.24, 2.45) is 0 Å². The smallest absolute Gasteiger partial charge is 0.151 e. The van der Waals surface area contributed by atoms with Crippen LogP contribution in [0.5, 0.6) is 0 Å². The zero-order valence-corrected chi connectivity index (χ0v) is 9.96. The van der Waals surface area contributed by atoms with Crippen molar-refractivity contribution in [2.75, 3.05) is 14.1 Å². The largest absolute Gasteiger partial charge is 0.483 e. The van der Waals surface area contributed by atoms with Crippen LogP contribution in [0.15, 0.2) is 12.8 Å². The van der Waals surface area contributed by atoms with E-state index in [0.29, 0.717) is 0 Å². The number of hydrogen-bond donors (Lipinski definition) is 0. The van der Waals surface area contributed by atoms with Gasteiger partial charge in [-0.3, -0.25) is 4.90 Å². The van der Waals surface area contributed by atoms with Crippen LogP contribution in [-0.2, 0) is 4.74 Å². The molecular formula is C12H25NO. The molecular weight excluding hydrogens is 174 g/mol. The van der Waals surface area contributed by atoms with Gasteiger partial charge in [0.2, 0.25) is 0 Å². The van der Waals surface area contributed by atoms with Crippen molar-refractivity contribution in [3.05, 3.63) is 12.8 Å². The molecule has 0 spiro atoms. The van der Waals surface area contributed by atoms with Crippen molar-refractivity contribution in [2.45, 2.75) is 51.7 Å². The third-order valence-corrected chi connectivity index (χ3v) is 2.38. The highest BCUT2D eigenvalue weighted by Gasteiger charge is 2.09. The lowest BCUT2D eigenvalue weighted by atomic mass is 10.1. The maximum absolute atomic E-state index is 5.40. The molecule has 0 aromatic heterocycles. The van der Waals surface area contributed by atoms with E-state index < -0.39 is 0 Å². The van der Waals surface area contributed by atoms with Gasteiger partial charge in [0, 0.05) is 0 Å². The Morgan fingerprint density at radius 1 is 1.21 bits per heavy atom. The van der Waals surface area contributed by atoms with Crippen LogP contribution in [0.2, 0.25) is 0 Å². The topological polar surface area (TPSA) is 12.5 Å². The zero-order valence-electron chi connectivity index (χ0n) is 9.96. The average molecular weight is 199 g/mol. The summed E-state index contributed by atoms with van der Waals surface area (Å²) in [6.45, 7) is 5.83. The number of nitrogens with zero attached hydrogens (tertiary/aromatic N) is 1. The second kappa shape index (κ2) is 9.07. The Balaban J connectivity index is 3.45. The second-order valence-corrected chi connectivity index (χ2v) is 3.92. The van der Waals surface area contributed by atoms with E-state index in [-0.39, 0.29) is 6.23 Å². The standard InChI is InChI=1S/C12H25NO/c1-5-7-8-9-10-11-12(13(3)4)14-6-2/h6,12H,2,5,7-11H2,1,3-4H3. The van der Waals surface area contributed by atoms with Gasteiger partial charge in [-0.25, -0.2) is 0 Å². The minimum absolute atomic E-state index is 0.203. The quantitative estimate of drug-likeness (QED) is 0.320. The summed E-state index contributed by atoms with van der Waals surface area (Å²) in [5.74, 6) is 0. The SMILES string of the molecule is C=COC(CCCCCCC)N(C)C. The molecule has 0 radical (unpaired) electrons. The maximum atomic E-state index is 5.40. The van der Waals surface area contributed by atoms with E-state index in [4.69, 9.17) is 4.74 Å². The van der Waals surface area contributed by atoms with Gasteiger partial charge in [0.15, 0.2) is 6.23 Å². The first kappa shape index (κ1) is 13.5. The molecule has 0 rings (SSSR count). The van der Waals surface area contributed by atoms with Crippen LogP contribution in [0.1, 0.15) is 45.4 Å². The number of ether oxygens (including phenoxy) is 1. The molecule has 0 aromatic rings. The molecule has 2 heteroatoms. The van der Waals surface area contributed by atoms with Gasteiger partial charge in [-0.2, -0.15) is 0 Å². The highest BCUT2D eigenvalue weighted by atomic mass is 16.5. The Morgan fingerprint density at radius 3 is 2.36 bits per heavy atom. The molecule has 0 saturated carbocycles. The first-order valence-corrected chi connectivity index (χ1v) is 5.65. The first-order chi connectivity index (χ1) is 6.72. The van der Waals surface area contributed by atoms with Gasteiger partial charge in [0.25, 0.3) is 0 Å². The highest BCUT2D eigenvalue weighted by Crippen LogP contribution is 2.10. The minimum atomic E-state index is 0.203. The molecule has 0 bridgehead atoms. The Labute approximate surface area is 88.9 Å². The van der Waals surface area contributed by atoms with Crippen LogP contribution in [-0.4, -0.2) is 25.2 Å². The van der Waals surface area contributed by atoms with Crippen molar-refractivity contribution in [1.82, 2.24) is 4.90 Å². The van der Waals surface area contributed by atoms with Gasteiger partial charge in [-0.05, 0) is 26.9 Å². The summed E-state index contributed by atoms with van der Waals surface area (Å²) < 4.78 is 5.40. The van der Waals surface area contributed by atoms with Crippen molar-refractivity contribution in [1.29, 1.82) is 0 Å². The molecule has 0 fully saturated rings. The van der Waals surface area contributed by atoms with Gasteiger partial charge in [-0.1, -0.05) is 39.2 Å². The van der Waals surface area contributed by atoms with E-state index in [0.717, 1.165) is 6.42 Å². The number of hydrogen-bond acceptors (Lipinski definition) is 2. The fourth-order valence-electron chi connectivity index (χ4n) is 1.48. The monoisotopic (exact) mass is 199 g/mol. The van der Waals surface area contributed by atoms with Crippen LogP contribution >= 0.6 is 0 Å². The third-order valence-electron chi connectivity index (χ3n) is 2.38. The molecule has 0 N–H and O–H groups in total. The lowest BCUT2D eigenvalue weighted by Gasteiger charge is -2.23. The van der Waals surface area contributed by atoms with Crippen LogP contribution in [0.3, 0.4) is 0 Å². The van der Waals surface area contributed by atoms with E-state index >= 15 is 0 Å². The predicted octanol–water partition coefficient (Wildman–Crippen LogP) is 3.39. The molecule has 0 aromatic carbocycles. The van der Waals surface area contributed by atoms with Gasteiger partial charge in [0.1, 0.15) is 0 Å². The van der Waals surface area contributed by atoms with E-state index in [1.54, 1.807) is 0 Å². The molecule has 1 unspecified atom stereocenters. The molecule has 0 aliphatic rings. The molecule has 0 aliphatic carbocycles. The normalized spacial score (nSPS) is 12.9. The molecule has 0 amide bonds. The van der Waals surface area contributed by atoms with Crippen molar-refractivity contribution >= 4 is 0 Å². The van der Waals surface area contributed by atoms with Gasteiger partial charge >= 0.3 is 0 Å². The predicted molar refractivity (Wildman–Crippen MR) is 62.1 cm³/mol. The summed E-state index contributed by atoms with van der Waals surface area (Å²) in [5, 5.41) is 0. The van der Waals surface area contributed by atoms with Gasteiger partial charge < -0.3 is 4.74 Å². The molecule has 14 heavy (non-hydrogen) atoms. The third kappa shape index (κ3) is 6.96. The molecule has 0 saturated heterocycles. The van der Waals surface area contributed by atoms with Crippen LogP contribution in [0, 0.1) is 0 Å². The summed E-state index contributed by atoms with van der Waals surface area (Å²) in [4.78, 5) is 2.10. The second-order valence-electron chi connectivity index (χ2n) is 3.92. The first-order valence-electron chi connectivity index (χ1n) is 5.65. The minimum Gasteiger partial charge on any atom is -0.483 e. The van der Waals surface area contributed by atoms with Crippen molar-refractivity contribution in [3.8, 4) is 0 Å². The Bertz CT molecular complexity index is 134. The summed E-state index contributed by atoms with van der Waals surface area (Å²) >= 11 is 0. The van der Waals surface area contributed by atoms with Crippen LogP contribution < -0.4 is 0 Å². The van der Waals surface area contributed by atoms with Crippen LogP contribution in [0.25, 0.3) is 0 Å². The van der Waals surface area contributed by atoms with Crippen LogP contribution in [0.4, 0.5) is 0 Å². The van der Waals surface area contributed by atoms with Crippen molar-refractivity contribution in [3.63, 3.8) is 0 Å². The Kier molecular flexibility index (Phi) is 8.75.